The molecule has 0 radical (unpaired) electrons. The quantitative estimate of drug-likeness (QED) is 0.624. The zero-order valence-electron chi connectivity index (χ0n) is 6.17. The summed E-state index contributed by atoms with van der Waals surface area (Å²) in [6.07, 6.45) is 0. The van der Waals surface area contributed by atoms with Gasteiger partial charge in [0.1, 0.15) is 5.75 Å². The van der Waals surface area contributed by atoms with Gasteiger partial charge in [-0.25, -0.2) is 0 Å². The van der Waals surface area contributed by atoms with Crippen LogP contribution in [-0.2, 0) is 0 Å². The Balaban J connectivity index is 3.09. The van der Waals surface area contributed by atoms with Crippen molar-refractivity contribution in [3.63, 3.8) is 0 Å². The highest BCUT2D eigenvalue weighted by Crippen LogP contribution is 2.27. The van der Waals surface area contributed by atoms with Crippen LogP contribution in [0.15, 0.2) is 23.2 Å². The number of rotatable bonds is 2. The summed E-state index contributed by atoms with van der Waals surface area (Å²) in [5.41, 5.74) is 0.746. The van der Waals surface area contributed by atoms with E-state index >= 15 is 0 Å². The number of aliphatic imine (C=N–C) groups is 1. The average Bonchev–Trinajstić information content (AvgIpc) is 2.04. The second-order valence-electron chi connectivity index (χ2n) is 1.98. The molecule has 0 aromatic heterocycles. The molecule has 1 rings (SSSR count). The molecule has 0 bridgehead atoms. The van der Waals surface area contributed by atoms with E-state index in [0.717, 1.165) is 5.69 Å². The standard InChI is InChI=1S/C8H8ClNO/c1-10-6-3-4-8(11-2)7(9)5-6/h3-5H,1H2,2H3. The van der Waals surface area contributed by atoms with Crippen LogP contribution < -0.4 is 4.74 Å². The number of hydrogen-bond acceptors (Lipinski definition) is 2. The van der Waals surface area contributed by atoms with Crippen molar-refractivity contribution in [3.05, 3.63) is 23.2 Å². The molecule has 1 aromatic carbocycles. The van der Waals surface area contributed by atoms with Gasteiger partial charge >= 0.3 is 0 Å². The molecule has 0 saturated heterocycles. The largest absolute Gasteiger partial charge is 0.495 e. The van der Waals surface area contributed by atoms with E-state index in [1.54, 1.807) is 25.3 Å². The first-order valence-electron chi connectivity index (χ1n) is 3.08. The smallest absolute Gasteiger partial charge is 0.137 e. The Kier molecular flexibility index (Phi) is 2.49. The van der Waals surface area contributed by atoms with Gasteiger partial charge in [-0.3, -0.25) is 4.99 Å². The number of methoxy groups -OCH3 is 1. The van der Waals surface area contributed by atoms with Crippen molar-refractivity contribution < 1.29 is 4.74 Å². The number of ether oxygens (including phenoxy) is 1. The van der Waals surface area contributed by atoms with Gasteiger partial charge in [-0.2, -0.15) is 0 Å². The van der Waals surface area contributed by atoms with Crippen LogP contribution in [0.2, 0.25) is 5.02 Å². The van der Waals surface area contributed by atoms with E-state index in [9.17, 15) is 0 Å². The summed E-state index contributed by atoms with van der Waals surface area (Å²) in [5.74, 6) is 0.652. The molecule has 11 heavy (non-hydrogen) atoms. The Labute approximate surface area is 70.5 Å². The predicted molar refractivity (Wildman–Crippen MR) is 47.2 cm³/mol. The second kappa shape index (κ2) is 3.39. The summed E-state index contributed by atoms with van der Waals surface area (Å²) < 4.78 is 4.95. The number of benzene rings is 1. The van der Waals surface area contributed by atoms with Gasteiger partial charge < -0.3 is 4.74 Å². The third kappa shape index (κ3) is 1.71. The van der Waals surface area contributed by atoms with Gasteiger partial charge in [0, 0.05) is 0 Å². The van der Waals surface area contributed by atoms with Crippen LogP contribution in [0.5, 0.6) is 5.75 Å². The van der Waals surface area contributed by atoms with E-state index < -0.39 is 0 Å². The fraction of sp³-hybridized carbons (Fsp3) is 0.125. The number of halogens is 1. The van der Waals surface area contributed by atoms with Gasteiger partial charge in [-0.15, -0.1) is 0 Å². The zero-order valence-corrected chi connectivity index (χ0v) is 6.93. The lowest BCUT2D eigenvalue weighted by atomic mass is 10.3. The van der Waals surface area contributed by atoms with E-state index in [0.29, 0.717) is 10.8 Å². The van der Waals surface area contributed by atoms with Crippen LogP contribution in [0.25, 0.3) is 0 Å². The van der Waals surface area contributed by atoms with Gasteiger partial charge in [0.25, 0.3) is 0 Å². The van der Waals surface area contributed by atoms with Gasteiger partial charge in [0.2, 0.25) is 0 Å². The fourth-order valence-corrected chi connectivity index (χ4v) is 1.01. The molecule has 0 N–H and O–H groups in total. The van der Waals surface area contributed by atoms with Crippen LogP contribution in [-0.4, -0.2) is 13.8 Å². The van der Waals surface area contributed by atoms with Crippen molar-refractivity contribution in [3.8, 4) is 5.75 Å². The summed E-state index contributed by atoms with van der Waals surface area (Å²) in [7, 11) is 1.57. The molecule has 0 heterocycles. The minimum atomic E-state index is 0.553. The summed E-state index contributed by atoms with van der Waals surface area (Å²) in [6, 6.07) is 5.25. The highest BCUT2D eigenvalue weighted by molar-refractivity contribution is 6.32. The first kappa shape index (κ1) is 8.08. The van der Waals surface area contributed by atoms with Crippen molar-refractivity contribution in [2.24, 2.45) is 4.99 Å². The molecule has 0 aliphatic rings. The highest BCUT2D eigenvalue weighted by Gasteiger charge is 1.98. The Bertz CT molecular complexity index is 273. The lowest BCUT2D eigenvalue weighted by molar-refractivity contribution is 0.415. The van der Waals surface area contributed by atoms with E-state index in [1.807, 2.05) is 0 Å². The maximum absolute atomic E-state index is 5.80. The van der Waals surface area contributed by atoms with Crippen molar-refractivity contribution >= 4 is 24.0 Å². The molecule has 0 atom stereocenters. The van der Waals surface area contributed by atoms with Crippen LogP contribution in [0.3, 0.4) is 0 Å². The summed E-state index contributed by atoms with van der Waals surface area (Å²) in [4.78, 5) is 3.72. The van der Waals surface area contributed by atoms with Crippen molar-refractivity contribution in [1.29, 1.82) is 0 Å². The van der Waals surface area contributed by atoms with E-state index in [-0.39, 0.29) is 0 Å². The molecule has 0 fully saturated rings. The van der Waals surface area contributed by atoms with Crippen molar-refractivity contribution in [2.75, 3.05) is 7.11 Å². The molecule has 1 aromatic rings. The average molecular weight is 170 g/mol. The number of hydrogen-bond donors (Lipinski definition) is 0. The second-order valence-corrected chi connectivity index (χ2v) is 2.38. The monoisotopic (exact) mass is 169 g/mol. The fourth-order valence-electron chi connectivity index (χ4n) is 0.754. The molecular weight excluding hydrogens is 162 g/mol. The SMILES string of the molecule is C=Nc1ccc(OC)c(Cl)c1. The Morgan fingerprint density at radius 1 is 1.55 bits per heavy atom. The Morgan fingerprint density at radius 3 is 2.73 bits per heavy atom. The predicted octanol–water partition coefficient (Wildman–Crippen LogP) is 2.68. The minimum Gasteiger partial charge on any atom is -0.495 e. The van der Waals surface area contributed by atoms with Crippen LogP contribution in [0.4, 0.5) is 5.69 Å². The third-order valence-corrected chi connectivity index (χ3v) is 1.61. The molecule has 2 nitrogen and oxygen atoms in total. The minimum absolute atomic E-state index is 0.553. The van der Waals surface area contributed by atoms with Gasteiger partial charge in [-0.05, 0) is 24.9 Å². The first-order valence-corrected chi connectivity index (χ1v) is 3.46. The van der Waals surface area contributed by atoms with Gasteiger partial charge in [0.15, 0.2) is 0 Å². The lowest BCUT2D eigenvalue weighted by Crippen LogP contribution is -1.82. The Morgan fingerprint density at radius 2 is 2.27 bits per heavy atom. The molecule has 0 aliphatic heterocycles. The summed E-state index contributed by atoms with van der Waals surface area (Å²) >= 11 is 5.80. The molecule has 58 valence electrons. The van der Waals surface area contributed by atoms with E-state index in [2.05, 4.69) is 11.7 Å². The van der Waals surface area contributed by atoms with Crippen LogP contribution >= 0.6 is 11.6 Å². The number of nitrogens with zero attached hydrogens (tertiary/aromatic N) is 1. The normalized spacial score (nSPS) is 9.27. The molecule has 0 saturated carbocycles. The third-order valence-electron chi connectivity index (χ3n) is 1.32. The van der Waals surface area contributed by atoms with Gasteiger partial charge in [-0.1, -0.05) is 11.6 Å². The van der Waals surface area contributed by atoms with Gasteiger partial charge in [0.05, 0.1) is 17.8 Å². The zero-order chi connectivity index (χ0) is 8.27. The molecule has 0 unspecified atom stereocenters. The Hall–Kier alpha value is -1.02. The molecule has 0 aliphatic carbocycles. The molecular formula is C8H8ClNO. The van der Waals surface area contributed by atoms with Crippen molar-refractivity contribution in [2.45, 2.75) is 0 Å². The van der Waals surface area contributed by atoms with Crippen LogP contribution in [0, 0.1) is 0 Å². The summed E-state index contributed by atoms with van der Waals surface area (Å²) in [6.45, 7) is 3.38. The molecule has 3 heteroatoms. The maximum Gasteiger partial charge on any atom is 0.137 e. The highest BCUT2D eigenvalue weighted by atomic mass is 35.5. The summed E-state index contributed by atoms with van der Waals surface area (Å²) in [5, 5.41) is 0.553. The first-order chi connectivity index (χ1) is 5.27. The molecule has 0 amide bonds. The van der Waals surface area contributed by atoms with E-state index in [1.165, 1.54) is 0 Å². The van der Waals surface area contributed by atoms with E-state index in [4.69, 9.17) is 16.3 Å². The van der Waals surface area contributed by atoms with Crippen molar-refractivity contribution in [1.82, 2.24) is 0 Å². The maximum atomic E-state index is 5.80. The lowest BCUT2D eigenvalue weighted by Gasteiger charge is -2.01. The molecule has 0 spiro atoms. The topological polar surface area (TPSA) is 21.6 Å². The van der Waals surface area contributed by atoms with Crippen LogP contribution in [0.1, 0.15) is 0 Å².